The predicted octanol–water partition coefficient (Wildman–Crippen LogP) is 2.65. The molecule has 0 aliphatic carbocycles. The molecule has 8 heteroatoms. The van der Waals surface area contributed by atoms with Crippen LogP contribution in [0.5, 0.6) is 5.75 Å². The van der Waals surface area contributed by atoms with Gasteiger partial charge in [-0.1, -0.05) is 12.1 Å². The standard InChI is InChI=1S/C20H21FN2O4S/c21-16-7-9-17(10-8-16)28(25,26)22-11-3-4-15(14-22)20(24)23-12-13-27-19-6-2-1-5-18(19)23/h1-2,5-10,15H,3-4,11-14H2. The minimum absolute atomic E-state index is 0.0405. The molecule has 1 amide bonds. The zero-order valence-electron chi connectivity index (χ0n) is 15.3. The SMILES string of the molecule is O=C(C1CCCN(S(=O)(=O)c2ccc(F)cc2)C1)N1CCOc2ccccc21. The molecular formula is C20H21FN2O4S. The first kappa shape index (κ1) is 18.9. The van der Waals surface area contributed by atoms with Crippen molar-refractivity contribution < 1.29 is 22.3 Å². The molecule has 28 heavy (non-hydrogen) atoms. The summed E-state index contributed by atoms with van der Waals surface area (Å²) in [7, 11) is -3.77. The van der Waals surface area contributed by atoms with Crippen molar-refractivity contribution >= 4 is 21.6 Å². The summed E-state index contributed by atoms with van der Waals surface area (Å²) in [5.74, 6) is -0.338. The third kappa shape index (κ3) is 3.49. The summed E-state index contributed by atoms with van der Waals surface area (Å²) in [6.45, 7) is 1.32. The van der Waals surface area contributed by atoms with Crippen LogP contribution in [0.4, 0.5) is 10.1 Å². The van der Waals surface area contributed by atoms with E-state index in [1.165, 1.54) is 16.4 Å². The van der Waals surface area contributed by atoms with E-state index < -0.39 is 21.8 Å². The van der Waals surface area contributed by atoms with E-state index in [0.717, 1.165) is 17.8 Å². The van der Waals surface area contributed by atoms with Crippen LogP contribution in [0.2, 0.25) is 0 Å². The number of anilines is 1. The van der Waals surface area contributed by atoms with Crippen LogP contribution in [-0.4, -0.2) is 44.9 Å². The highest BCUT2D eigenvalue weighted by Gasteiger charge is 2.36. The van der Waals surface area contributed by atoms with Crippen molar-refractivity contribution in [2.24, 2.45) is 5.92 Å². The number of carbonyl (C=O) groups is 1. The van der Waals surface area contributed by atoms with Crippen LogP contribution in [0.15, 0.2) is 53.4 Å². The number of carbonyl (C=O) groups excluding carboxylic acids is 1. The van der Waals surface area contributed by atoms with Crippen molar-refractivity contribution in [3.63, 3.8) is 0 Å². The van der Waals surface area contributed by atoms with Gasteiger partial charge in [0.2, 0.25) is 15.9 Å². The van der Waals surface area contributed by atoms with Gasteiger partial charge >= 0.3 is 0 Å². The number of rotatable bonds is 3. The second kappa shape index (κ2) is 7.52. The van der Waals surface area contributed by atoms with Gasteiger partial charge < -0.3 is 9.64 Å². The smallest absolute Gasteiger partial charge is 0.243 e. The van der Waals surface area contributed by atoms with Gasteiger partial charge in [-0.25, -0.2) is 12.8 Å². The number of nitrogens with zero attached hydrogens (tertiary/aromatic N) is 2. The summed E-state index contributed by atoms with van der Waals surface area (Å²) in [6, 6.07) is 12.1. The van der Waals surface area contributed by atoms with Gasteiger partial charge in [0, 0.05) is 13.1 Å². The van der Waals surface area contributed by atoms with E-state index in [1.807, 2.05) is 24.3 Å². The minimum atomic E-state index is -3.77. The molecule has 2 aromatic carbocycles. The van der Waals surface area contributed by atoms with Crippen LogP contribution in [0.1, 0.15) is 12.8 Å². The molecule has 0 saturated carbocycles. The van der Waals surface area contributed by atoms with Gasteiger partial charge in [0.05, 0.1) is 23.0 Å². The summed E-state index contributed by atoms with van der Waals surface area (Å²) in [5.41, 5.74) is 0.720. The highest BCUT2D eigenvalue weighted by molar-refractivity contribution is 7.89. The molecule has 6 nitrogen and oxygen atoms in total. The number of sulfonamides is 1. The summed E-state index contributed by atoms with van der Waals surface area (Å²) in [4.78, 5) is 14.9. The van der Waals surface area contributed by atoms with E-state index in [-0.39, 0.29) is 17.3 Å². The van der Waals surface area contributed by atoms with Crippen LogP contribution >= 0.6 is 0 Å². The van der Waals surface area contributed by atoms with Crippen molar-refractivity contribution in [1.82, 2.24) is 4.31 Å². The predicted molar refractivity (Wildman–Crippen MR) is 102 cm³/mol. The van der Waals surface area contributed by atoms with Crippen molar-refractivity contribution in [3.05, 3.63) is 54.3 Å². The lowest BCUT2D eigenvalue weighted by Gasteiger charge is -2.36. The largest absolute Gasteiger partial charge is 0.490 e. The maximum atomic E-state index is 13.2. The van der Waals surface area contributed by atoms with Crippen LogP contribution < -0.4 is 9.64 Å². The molecule has 2 aromatic rings. The average molecular weight is 404 g/mol. The number of fused-ring (bicyclic) bond motifs is 1. The fourth-order valence-electron chi connectivity index (χ4n) is 3.74. The van der Waals surface area contributed by atoms with E-state index in [1.54, 1.807) is 4.90 Å². The first-order valence-corrected chi connectivity index (χ1v) is 10.7. The first-order valence-electron chi connectivity index (χ1n) is 9.26. The summed E-state index contributed by atoms with van der Waals surface area (Å²) >= 11 is 0. The number of para-hydroxylation sites is 2. The second-order valence-corrected chi connectivity index (χ2v) is 8.90. The molecule has 0 aromatic heterocycles. The molecule has 2 aliphatic heterocycles. The summed E-state index contributed by atoms with van der Waals surface area (Å²) in [5, 5.41) is 0. The van der Waals surface area contributed by atoms with E-state index >= 15 is 0 Å². The van der Waals surface area contributed by atoms with E-state index in [2.05, 4.69) is 0 Å². The summed E-state index contributed by atoms with van der Waals surface area (Å²) in [6.07, 6.45) is 1.23. The maximum absolute atomic E-state index is 13.2. The Morgan fingerprint density at radius 2 is 1.82 bits per heavy atom. The zero-order valence-corrected chi connectivity index (χ0v) is 16.1. The topological polar surface area (TPSA) is 66.9 Å². The molecule has 1 atom stereocenters. The Kier molecular flexibility index (Phi) is 5.07. The Hall–Kier alpha value is -2.45. The fourth-order valence-corrected chi connectivity index (χ4v) is 5.26. The molecule has 148 valence electrons. The Bertz CT molecular complexity index is 978. The highest BCUT2D eigenvalue weighted by atomic mass is 32.2. The van der Waals surface area contributed by atoms with Crippen LogP contribution in [0.3, 0.4) is 0 Å². The zero-order chi connectivity index (χ0) is 19.7. The van der Waals surface area contributed by atoms with Crippen molar-refractivity contribution in [1.29, 1.82) is 0 Å². The van der Waals surface area contributed by atoms with Crippen LogP contribution in [0.25, 0.3) is 0 Å². The molecule has 1 unspecified atom stereocenters. The van der Waals surface area contributed by atoms with E-state index in [0.29, 0.717) is 38.3 Å². The van der Waals surface area contributed by atoms with Gasteiger partial charge in [-0.2, -0.15) is 4.31 Å². The van der Waals surface area contributed by atoms with Gasteiger partial charge in [0.25, 0.3) is 0 Å². The molecule has 0 N–H and O–H groups in total. The Morgan fingerprint density at radius 1 is 1.07 bits per heavy atom. The quantitative estimate of drug-likeness (QED) is 0.789. The van der Waals surface area contributed by atoms with Gasteiger partial charge in [-0.3, -0.25) is 4.79 Å². The molecule has 1 saturated heterocycles. The molecule has 0 spiro atoms. The molecule has 0 bridgehead atoms. The number of benzene rings is 2. The van der Waals surface area contributed by atoms with Crippen molar-refractivity contribution in [2.75, 3.05) is 31.1 Å². The third-order valence-electron chi connectivity index (χ3n) is 5.18. The van der Waals surface area contributed by atoms with Crippen molar-refractivity contribution in [2.45, 2.75) is 17.7 Å². The van der Waals surface area contributed by atoms with Crippen LogP contribution in [0, 0.1) is 11.7 Å². The highest BCUT2D eigenvalue weighted by Crippen LogP contribution is 2.33. The average Bonchev–Trinajstić information content (AvgIpc) is 2.73. The number of ether oxygens (including phenoxy) is 1. The summed E-state index contributed by atoms with van der Waals surface area (Å²) < 4.78 is 45.9. The Morgan fingerprint density at radius 3 is 2.61 bits per heavy atom. The lowest BCUT2D eigenvalue weighted by atomic mass is 9.97. The van der Waals surface area contributed by atoms with Crippen LogP contribution in [-0.2, 0) is 14.8 Å². The number of hydrogen-bond donors (Lipinski definition) is 0. The number of hydrogen-bond acceptors (Lipinski definition) is 4. The lowest BCUT2D eigenvalue weighted by molar-refractivity contribution is -0.123. The van der Waals surface area contributed by atoms with E-state index in [4.69, 9.17) is 4.74 Å². The fraction of sp³-hybridized carbons (Fsp3) is 0.350. The van der Waals surface area contributed by atoms with Gasteiger partial charge in [0.15, 0.2) is 0 Å². The molecule has 4 rings (SSSR count). The number of piperidine rings is 1. The lowest BCUT2D eigenvalue weighted by Crippen LogP contribution is -2.48. The minimum Gasteiger partial charge on any atom is -0.490 e. The second-order valence-electron chi connectivity index (χ2n) is 6.96. The van der Waals surface area contributed by atoms with E-state index in [9.17, 15) is 17.6 Å². The van der Waals surface area contributed by atoms with Gasteiger partial charge in [-0.05, 0) is 49.2 Å². The maximum Gasteiger partial charge on any atom is 0.243 e. The molecule has 2 heterocycles. The third-order valence-corrected chi connectivity index (χ3v) is 7.06. The van der Waals surface area contributed by atoms with Gasteiger partial charge in [0.1, 0.15) is 18.2 Å². The monoisotopic (exact) mass is 404 g/mol. The molecule has 0 radical (unpaired) electrons. The number of halogens is 1. The van der Waals surface area contributed by atoms with Crippen molar-refractivity contribution in [3.8, 4) is 5.75 Å². The number of amides is 1. The Labute approximate surface area is 163 Å². The Balaban J connectivity index is 1.54. The molecule has 1 fully saturated rings. The first-order chi connectivity index (χ1) is 13.5. The normalized spacial score (nSPS) is 20.3. The van der Waals surface area contributed by atoms with Gasteiger partial charge in [-0.15, -0.1) is 0 Å². The molecule has 2 aliphatic rings. The molecular weight excluding hydrogens is 383 g/mol.